The van der Waals surface area contributed by atoms with Crippen LogP contribution in [0.4, 0.5) is 21.8 Å². The standard InChI is InChI=1S/C14H17FN4O2/c1-4-16-14-17-8-10(15)13(19-14)18-11-6-5-9(20-2)7-12(11)21-3/h5-8H,4H2,1-3H3,(H2,16,17,18,19). The molecular formula is C14H17FN4O2. The predicted molar refractivity (Wildman–Crippen MR) is 79.0 cm³/mol. The normalized spacial score (nSPS) is 10.1. The second kappa shape index (κ2) is 6.74. The molecule has 0 atom stereocenters. The molecule has 0 unspecified atom stereocenters. The molecule has 0 saturated heterocycles. The van der Waals surface area contributed by atoms with Crippen molar-refractivity contribution in [1.82, 2.24) is 9.97 Å². The summed E-state index contributed by atoms with van der Waals surface area (Å²) in [6.45, 7) is 2.56. The molecule has 0 radical (unpaired) electrons. The van der Waals surface area contributed by atoms with Gasteiger partial charge in [-0.15, -0.1) is 0 Å². The Labute approximate surface area is 122 Å². The Morgan fingerprint density at radius 3 is 2.71 bits per heavy atom. The second-order valence-electron chi connectivity index (χ2n) is 4.11. The minimum Gasteiger partial charge on any atom is -0.497 e. The quantitative estimate of drug-likeness (QED) is 0.853. The number of benzene rings is 1. The van der Waals surface area contributed by atoms with Crippen molar-refractivity contribution < 1.29 is 13.9 Å². The molecule has 0 saturated carbocycles. The number of rotatable bonds is 6. The molecule has 2 aromatic rings. The molecule has 0 aliphatic rings. The van der Waals surface area contributed by atoms with E-state index in [1.807, 2.05) is 6.92 Å². The largest absolute Gasteiger partial charge is 0.497 e. The summed E-state index contributed by atoms with van der Waals surface area (Å²) in [5, 5.41) is 5.82. The number of halogens is 1. The first kappa shape index (κ1) is 14.8. The lowest BCUT2D eigenvalue weighted by Gasteiger charge is -2.13. The maximum atomic E-state index is 13.8. The maximum Gasteiger partial charge on any atom is 0.224 e. The zero-order valence-electron chi connectivity index (χ0n) is 12.1. The summed E-state index contributed by atoms with van der Waals surface area (Å²) >= 11 is 0. The van der Waals surface area contributed by atoms with E-state index in [9.17, 15) is 4.39 Å². The first-order valence-electron chi connectivity index (χ1n) is 6.43. The van der Waals surface area contributed by atoms with Crippen LogP contribution >= 0.6 is 0 Å². The van der Waals surface area contributed by atoms with Crippen LogP contribution in [0.1, 0.15) is 6.92 Å². The number of nitrogens with one attached hydrogen (secondary N) is 2. The molecule has 0 aliphatic carbocycles. The van der Waals surface area contributed by atoms with Gasteiger partial charge in [0.1, 0.15) is 11.5 Å². The molecular weight excluding hydrogens is 275 g/mol. The molecule has 0 bridgehead atoms. The summed E-state index contributed by atoms with van der Waals surface area (Å²) in [5.41, 5.74) is 0.582. The fourth-order valence-corrected chi connectivity index (χ4v) is 1.73. The average molecular weight is 292 g/mol. The first-order chi connectivity index (χ1) is 10.2. The van der Waals surface area contributed by atoms with Crippen molar-refractivity contribution >= 4 is 17.5 Å². The highest BCUT2D eigenvalue weighted by Crippen LogP contribution is 2.31. The molecule has 0 spiro atoms. The van der Waals surface area contributed by atoms with E-state index in [1.54, 1.807) is 25.3 Å². The van der Waals surface area contributed by atoms with Gasteiger partial charge in [0.15, 0.2) is 11.6 Å². The summed E-state index contributed by atoms with van der Waals surface area (Å²) in [4.78, 5) is 7.93. The number of aromatic nitrogens is 2. The maximum absolute atomic E-state index is 13.8. The molecule has 1 aromatic carbocycles. The third-order valence-electron chi connectivity index (χ3n) is 2.74. The van der Waals surface area contributed by atoms with Crippen LogP contribution in [0.5, 0.6) is 11.5 Å². The lowest BCUT2D eigenvalue weighted by atomic mass is 10.2. The molecule has 7 heteroatoms. The van der Waals surface area contributed by atoms with Crippen molar-refractivity contribution in [2.45, 2.75) is 6.92 Å². The Morgan fingerprint density at radius 1 is 1.24 bits per heavy atom. The van der Waals surface area contributed by atoms with Gasteiger partial charge in [0.05, 0.1) is 26.1 Å². The van der Waals surface area contributed by atoms with Gasteiger partial charge in [0, 0.05) is 12.6 Å². The predicted octanol–water partition coefficient (Wildman–Crippen LogP) is 2.81. The summed E-state index contributed by atoms with van der Waals surface area (Å²) in [7, 11) is 3.09. The van der Waals surface area contributed by atoms with Gasteiger partial charge in [0.25, 0.3) is 0 Å². The molecule has 21 heavy (non-hydrogen) atoms. The highest BCUT2D eigenvalue weighted by Gasteiger charge is 2.11. The molecule has 0 fully saturated rings. The molecule has 1 aromatic heterocycles. The molecule has 112 valence electrons. The molecule has 6 nitrogen and oxygen atoms in total. The Bertz CT molecular complexity index is 622. The number of hydrogen-bond acceptors (Lipinski definition) is 6. The van der Waals surface area contributed by atoms with Gasteiger partial charge in [-0.2, -0.15) is 4.98 Å². The topological polar surface area (TPSA) is 68.3 Å². The number of ether oxygens (including phenoxy) is 2. The second-order valence-corrected chi connectivity index (χ2v) is 4.11. The number of anilines is 3. The van der Waals surface area contributed by atoms with Crippen LogP contribution in [-0.2, 0) is 0 Å². The van der Waals surface area contributed by atoms with Crippen LogP contribution in [0.25, 0.3) is 0 Å². The van der Waals surface area contributed by atoms with E-state index >= 15 is 0 Å². The SMILES string of the molecule is CCNc1ncc(F)c(Nc2ccc(OC)cc2OC)n1. The van der Waals surface area contributed by atoms with E-state index in [0.29, 0.717) is 29.7 Å². The van der Waals surface area contributed by atoms with Crippen molar-refractivity contribution in [2.75, 3.05) is 31.4 Å². The van der Waals surface area contributed by atoms with E-state index in [-0.39, 0.29) is 5.82 Å². The highest BCUT2D eigenvalue weighted by molar-refractivity contribution is 5.66. The fraction of sp³-hybridized carbons (Fsp3) is 0.286. The zero-order valence-corrected chi connectivity index (χ0v) is 12.1. The lowest BCUT2D eigenvalue weighted by molar-refractivity contribution is 0.395. The minimum atomic E-state index is -0.547. The smallest absolute Gasteiger partial charge is 0.224 e. The molecule has 2 rings (SSSR count). The minimum absolute atomic E-state index is 0.0735. The van der Waals surface area contributed by atoms with Crippen molar-refractivity contribution in [1.29, 1.82) is 0 Å². The van der Waals surface area contributed by atoms with E-state index < -0.39 is 5.82 Å². The van der Waals surface area contributed by atoms with Crippen LogP contribution < -0.4 is 20.1 Å². The van der Waals surface area contributed by atoms with E-state index in [4.69, 9.17) is 9.47 Å². The number of hydrogen-bond donors (Lipinski definition) is 2. The zero-order chi connectivity index (χ0) is 15.2. The van der Waals surface area contributed by atoms with Crippen molar-refractivity contribution in [2.24, 2.45) is 0 Å². The molecule has 0 aliphatic heterocycles. The van der Waals surface area contributed by atoms with Crippen LogP contribution in [0, 0.1) is 5.82 Å². The van der Waals surface area contributed by atoms with Crippen molar-refractivity contribution in [3.05, 3.63) is 30.2 Å². The third kappa shape index (κ3) is 3.50. The third-order valence-corrected chi connectivity index (χ3v) is 2.74. The van der Waals surface area contributed by atoms with Gasteiger partial charge in [-0.3, -0.25) is 0 Å². The Balaban J connectivity index is 2.31. The highest BCUT2D eigenvalue weighted by atomic mass is 19.1. The van der Waals surface area contributed by atoms with Gasteiger partial charge in [-0.05, 0) is 19.1 Å². The van der Waals surface area contributed by atoms with Crippen LogP contribution in [0.2, 0.25) is 0 Å². The Morgan fingerprint density at radius 2 is 2.05 bits per heavy atom. The van der Waals surface area contributed by atoms with Crippen LogP contribution in [0.3, 0.4) is 0 Å². The van der Waals surface area contributed by atoms with Crippen LogP contribution in [0.15, 0.2) is 24.4 Å². The average Bonchev–Trinajstić information content (AvgIpc) is 2.51. The number of nitrogens with zero attached hydrogens (tertiary/aromatic N) is 2. The monoisotopic (exact) mass is 292 g/mol. The van der Waals surface area contributed by atoms with E-state index in [0.717, 1.165) is 6.20 Å². The van der Waals surface area contributed by atoms with Gasteiger partial charge in [-0.25, -0.2) is 9.37 Å². The molecule has 2 N–H and O–H groups in total. The van der Waals surface area contributed by atoms with Gasteiger partial charge in [-0.1, -0.05) is 0 Å². The van der Waals surface area contributed by atoms with Gasteiger partial charge >= 0.3 is 0 Å². The molecule has 1 heterocycles. The van der Waals surface area contributed by atoms with Crippen LogP contribution in [-0.4, -0.2) is 30.7 Å². The Kier molecular flexibility index (Phi) is 4.76. The van der Waals surface area contributed by atoms with Gasteiger partial charge in [0.2, 0.25) is 5.95 Å². The summed E-state index contributed by atoms with van der Waals surface area (Å²) in [5.74, 6) is 1.05. The molecule has 0 amide bonds. The fourth-order valence-electron chi connectivity index (χ4n) is 1.73. The number of methoxy groups -OCH3 is 2. The summed E-state index contributed by atoms with van der Waals surface area (Å²) in [6.07, 6.45) is 1.11. The van der Waals surface area contributed by atoms with E-state index in [2.05, 4.69) is 20.6 Å². The first-order valence-corrected chi connectivity index (χ1v) is 6.43. The summed E-state index contributed by atoms with van der Waals surface area (Å²) in [6, 6.07) is 5.17. The summed E-state index contributed by atoms with van der Waals surface area (Å²) < 4.78 is 24.2. The lowest BCUT2D eigenvalue weighted by Crippen LogP contribution is -2.06. The van der Waals surface area contributed by atoms with Gasteiger partial charge < -0.3 is 20.1 Å². The van der Waals surface area contributed by atoms with Crippen molar-refractivity contribution in [3.63, 3.8) is 0 Å². The van der Waals surface area contributed by atoms with E-state index in [1.165, 1.54) is 7.11 Å². The Hall–Kier alpha value is -2.57. The van der Waals surface area contributed by atoms with Crippen molar-refractivity contribution in [3.8, 4) is 11.5 Å².